The summed E-state index contributed by atoms with van der Waals surface area (Å²) in [5, 5.41) is 13.8. The lowest BCUT2D eigenvalue weighted by Gasteiger charge is -2.15. The molecule has 0 aromatic rings. The minimum atomic E-state index is 0.527. The van der Waals surface area contributed by atoms with Crippen molar-refractivity contribution in [2.24, 2.45) is 11.5 Å². The van der Waals surface area contributed by atoms with E-state index < -0.39 is 0 Å². The van der Waals surface area contributed by atoms with Crippen molar-refractivity contribution >= 4 is 0 Å². The number of nitrogens with two attached hydrogens (primary N) is 2. The Morgan fingerprint density at radius 1 is 0.667 bits per heavy atom. The highest BCUT2D eigenvalue weighted by atomic mass is 15.0. The fourth-order valence-electron chi connectivity index (χ4n) is 2.00. The fraction of sp³-hybridized carbons (Fsp3) is 1.00. The predicted octanol–water partition coefficient (Wildman–Crippen LogP) is -0.789. The lowest BCUT2D eigenvalue weighted by atomic mass is 10.3. The van der Waals surface area contributed by atoms with Gasteiger partial charge in [-0.15, -0.1) is 0 Å². The van der Waals surface area contributed by atoms with E-state index in [0.717, 1.165) is 71.7 Å². The van der Waals surface area contributed by atoms with Gasteiger partial charge in [0.1, 0.15) is 0 Å². The van der Waals surface area contributed by atoms with Crippen molar-refractivity contribution in [3.63, 3.8) is 0 Å². The average molecular weight is 303 g/mol. The molecule has 0 aliphatic carbocycles. The standard InChI is InChI=1S/C15H38N6/c1-15(21-13-5-11-19-9-3-7-17)14-20-12-4-10-18-8-2-6-16/h15,18-21H,2-14,16-17H2,1H3. The van der Waals surface area contributed by atoms with E-state index in [9.17, 15) is 0 Å². The van der Waals surface area contributed by atoms with Crippen LogP contribution in [0.5, 0.6) is 0 Å². The third-order valence-corrected chi connectivity index (χ3v) is 3.30. The van der Waals surface area contributed by atoms with E-state index in [4.69, 9.17) is 11.5 Å². The Bertz CT molecular complexity index is 191. The smallest absolute Gasteiger partial charge is 0.0164 e. The molecule has 0 aliphatic rings. The summed E-state index contributed by atoms with van der Waals surface area (Å²) in [6, 6.07) is 0.527. The van der Waals surface area contributed by atoms with Gasteiger partial charge in [-0.05, 0) is 85.0 Å². The van der Waals surface area contributed by atoms with Crippen LogP contribution in [0, 0.1) is 0 Å². The quantitative estimate of drug-likeness (QED) is 0.197. The van der Waals surface area contributed by atoms with E-state index in [2.05, 4.69) is 28.2 Å². The largest absolute Gasteiger partial charge is 0.330 e. The van der Waals surface area contributed by atoms with E-state index >= 15 is 0 Å². The molecule has 8 N–H and O–H groups in total. The Morgan fingerprint density at radius 2 is 1.14 bits per heavy atom. The maximum Gasteiger partial charge on any atom is 0.0164 e. The van der Waals surface area contributed by atoms with Crippen LogP contribution < -0.4 is 32.7 Å². The van der Waals surface area contributed by atoms with Crippen LogP contribution in [-0.4, -0.2) is 64.9 Å². The first-order chi connectivity index (χ1) is 10.3. The highest BCUT2D eigenvalue weighted by Crippen LogP contribution is 1.83. The molecular weight excluding hydrogens is 264 g/mol. The normalized spacial score (nSPS) is 12.7. The van der Waals surface area contributed by atoms with Crippen LogP contribution in [0.25, 0.3) is 0 Å². The summed E-state index contributed by atoms with van der Waals surface area (Å²) in [6.07, 6.45) is 4.46. The zero-order chi connectivity index (χ0) is 15.6. The van der Waals surface area contributed by atoms with Gasteiger partial charge in [-0.1, -0.05) is 0 Å². The van der Waals surface area contributed by atoms with Crippen molar-refractivity contribution in [1.82, 2.24) is 21.3 Å². The van der Waals surface area contributed by atoms with Crippen molar-refractivity contribution in [2.45, 2.75) is 38.6 Å². The summed E-state index contributed by atoms with van der Waals surface area (Å²) < 4.78 is 0. The molecule has 0 saturated heterocycles. The molecule has 0 radical (unpaired) electrons. The van der Waals surface area contributed by atoms with Gasteiger partial charge in [0, 0.05) is 12.6 Å². The maximum absolute atomic E-state index is 5.44. The Labute approximate surface area is 131 Å². The van der Waals surface area contributed by atoms with Gasteiger partial charge >= 0.3 is 0 Å². The minimum Gasteiger partial charge on any atom is -0.330 e. The molecule has 21 heavy (non-hydrogen) atoms. The van der Waals surface area contributed by atoms with Crippen molar-refractivity contribution in [3.8, 4) is 0 Å². The maximum atomic E-state index is 5.44. The number of hydrogen-bond acceptors (Lipinski definition) is 6. The van der Waals surface area contributed by atoms with Crippen LogP contribution in [0.4, 0.5) is 0 Å². The summed E-state index contributed by atoms with van der Waals surface area (Å²) in [4.78, 5) is 0. The highest BCUT2D eigenvalue weighted by molar-refractivity contribution is 4.64. The molecule has 128 valence electrons. The van der Waals surface area contributed by atoms with Gasteiger partial charge in [-0.2, -0.15) is 0 Å². The van der Waals surface area contributed by atoms with Gasteiger partial charge in [0.05, 0.1) is 0 Å². The van der Waals surface area contributed by atoms with Gasteiger partial charge in [-0.25, -0.2) is 0 Å². The van der Waals surface area contributed by atoms with Crippen LogP contribution in [0.3, 0.4) is 0 Å². The van der Waals surface area contributed by atoms with Crippen molar-refractivity contribution in [3.05, 3.63) is 0 Å². The summed E-state index contributed by atoms with van der Waals surface area (Å²) in [7, 11) is 0. The van der Waals surface area contributed by atoms with Crippen LogP contribution >= 0.6 is 0 Å². The first-order valence-corrected chi connectivity index (χ1v) is 8.57. The second-order valence-electron chi connectivity index (χ2n) is 5.55. The summed E-state index contributed by atoms with van der Waals surface area (Å²) in [5.74, 6) is 0. The number of rotatable bonds is 17. The van der Waals surface area contributed by atoms with E-state index in [1.807, 2.05) is 0 Å². The third-order valence-electron chi connectivity index (χ3n) is 3.30. The van der Waals surface area contributed by atoms with Crippen LogP contribution in [0.15, 0.2) is 0 Å². The first kappa shape index (κ1) is 20.8. The third kappa shape index (κ3) is 17.7. The molecular formula is C15H38N6. The van der Waals surface area contributed by atoms with E-state index in [0.29, 0.717) is 6.04 Å². The van der Waals surface area contributed by atoms with Crippen molar-refractivity contribution in [2.75, 3.05) is 58.9 Å². The molecule has 0 fully saturated rings. The van der Waals surface area contributed by atoms with Gasteiger partial charge in [0.2, 0.25) is 0 Å². The molecule has 0 spiro atoms. The Hall–Kier alpha value is -0.240. The zero-order valence-corrected chi connectivity index (χ0v) is 13.9. The number of hydrogen-bond donors (Lipinski definition) is 6. The lowest BCUT2D eigenvalue weighted by molar-refractivity contribution is 0.482. The lowest BCUT2D eigenvalue weighted by Crippen LogP contribution is -2.38. The second kappa shape index (κ2) is 17.8. The molecule has 0 aromatic carbocycles. The van der Waals surface area contributed by atoms with Gasteiger partial charge < -0.3 is 32.7 Å². The summed E-state index contributed by atoms with van der Waals surface area (Å²) >= 11 is 0. The molecule has 1 unspecified atom stereocenters. The molecule has 6 heteroatoms. The SMILES string of the molecule is CC(CNCCCNCCCN)NCCCNCCCN. The molecule has 0 aliphatic heterocycles. The van der Waals surface area contributed by atoms with E-state index in [1.165, 1.54) is 12.8 Å². The summed E-state index contributed by atoms with van der Waals surface area (Å²) in [5.41, 5.74) is 10.9. The van der Waals surface area contributed by atoms with E-state index in [1.54, 1.807) is 0 Å². The van der Waals surface area contributed by atoms with Gasteiger partial charge in [-0.3, -0.25) is 0 Å². The van der Waals surface area contributed by atoms with Crippen molar-refractivity contribution in [1.29, 1.82) is 0 Å². The molecule has 0 saturated carbocycles. The molecule has 0 heterocycles. The Balaban J connectivity index is 3.11. The minimum absolute atomic E-state index is 0.527. The van der Waals surface area contributed by atoms with E-state index in [-0.39, 0.29) is 0 Å². The van der Waals surface area contributed by atoms with Crippen LogP contribution in [0.2, 0.25) is 0 Å². The fourth-order valence-corrected chi connectivity index (χ4v) is 2.00. The van der Waals surface area contributed by atoms with Gasteiger partial charge in [0.15, 0.2) is 0 Å². The van der Waals surface area contributed by atoms with Gasteiger partial charge in [0.25, 0.3) is 0 Å². The number of nitrogens with one attached hydrogen (secondary N) is 4. The zero-order valence-electron chi connectivity index (χ0n) is 13.9. The highest BCUT2D eigenvalue weighted by Gasteiger charge is 1.99. The van der Waals surface area contributed by atoms with Crippen LogP contribution in [0.1, 0.15) is 32.6 Å². The summed E-state index contributed by atoms with van der Waals surface area (Å²) in [6.45, 7) is 11.2. The Morgan fingerprint density at radius 3 is 1.71 bits per heavy atom. The first-order valence-electron chi connectivity index (χ1n) is 8.57. The van der Waals surface area contributed by atoms with Crippen molar-refractivity contribution < 1.29 is 0 Å². The predicted molar refractivity (Wildman–Crippen MR) is 92.7 cm³/mol. The average Bonchev–Trinajstić information content (AvgIpc) is 2.49. The second-order valence-corrected chi connectivity index (χ2v) is 5.55. The molecule has 0 bridgehead atoms. The molecule has 0 amide bonds. The molecule has 1 atom stereocenters. The topological polar surface area (TPSA) is 100 Å². The molecule has 6 nitrogen and oxygen atoms in total. The van der Waals surface area contributed by atoms with Crippen LogP contribution in [-0.2, 0) is 0 Å². The monoisotopic (exact) mass is 302 g/mol. The molecule has 0 aromatic heterocycles. The molecule has 0 rings (SSSR count). The Kier molecular flexibility index (Phi) is 17.6.